The lowest BCUT2D eigenvalue weighted by Gasteiger charge is -2.26. The molecular formula is C22H27N3O. The topological polar surface area (TPSA) is 39.9 Å². The number of ether oxygens (including phenoxy) is 1. The number of hydrogen-bond acceptors (Lipinski definition) is 3. The summed E-state index contributed by atoms with van der Waals surface area (Å²) in [5, 5.41) is 6.78. The van der Waals surface area contributed by atoms with E-state index in [1.54, 1.807) is 6.20 Å². The first-order chi connectivity index (χ1) is 12.6. The maximum absolute atomic E-state index is 5.99. The molecule has 0 unspecified atom stereocenters. The van der Waals surface area contributed by atoms with Crippen molar-refractivity contribution < 1.29 is 4.74 Å². The van der Waals surface area contributed by atoms with Crippen molar-refractivity contribution in [3.05, 3.63) is 47.9 Å². The van der Waals surface area contributed by atoms with E-state index in [0.717, 1.165) is 36.7 Å². The van der Waals surface area contributed by atoms with Gasteiger partial charge in [-0.25, -0.2) is 9.67 Å². The average Bonchev–Trinajstić information content (AvgIpc) is 3.32. The van der Waals surface area contributed by atoms with Gasteiger partial charge in [-0.1, -0.05) is 52.2 Å². The molecule has 3 heterocycles. The van der Waals surface area contributed by atoms with E-state index in [2.05, 4.69) is 44.1 Å². The number of unbranched alkanes of at least 4 members (excludes halogenated alkanes) is 2. The lowest BCUT2D eigenvalue weighted by Crippen LogP contribution is -2.20. The molecule has 0 amide bonds. The highest BCUT2D eigenvalue weighted by Crippen LogP contribution is 2.40. The summed E-state index contributed by atoms with van der Waals surface area (Å²) in [6.45, 7) is 7.64. The Balaban J connectivity index is 1.90. The Kier molecular flexibility index (Phi) is 4.43. The molecule has 0 radical (unpaired) electrons. The summed E-state index contributed by atoms with van der Waals surface area (Å²) < 4.78 is 7.84. The highest BCUT2D eigenvalue weighted by atomic mass is 16.5. The molecular weight excluding hydrogens is 322 g/mol. The van der Waals surface area contributed by atoms with Gasteiger partial charge in [-0.15, -0.1) is 0 Å². The fourth-order valence-electron chi connectivity index (χ4n) is 3.93. The van der Waals surface area contributed by atoms with Crippen molar-refractivity contribution >= 4 is 10.8 Å². The van der Waals surface area contributed by atoms with Crippen molar-refractivity contribution in [3.63, 3.8) is 0 Å². The lowest BCUT2D eigenvalue weighted by atomic mass is 9.81. The highest BCUT2D eigenvalue weighted by Gasteiger charge is 2.27. The molecule has 0 fully saturated rings. The predicted molar refractivity (Wildman–Crippen MR) is 105 cm³/mol. The standard InChI is InChI=1S/C22H27N3O/c1-4-5-6-11-22(2,3)21-17-9-8-16-10-14-26-20(16)18(17)15-19(24-21)25-13-7-12-23-25/h7-9,12-13,15H,4-6,10-11,14H2,1-3H3. The largest absolute Gasteiger partial charge is 0.492 e. The van der Waals surface area contributed by atoms with Crippen LogP contribution in [0.15, 0.2) is 36.7 Å². The molecule has 0 saturated heterocycles. The van der Waals surface area contributed by atoms with Gasteiger partial charge in [0.25, 0.3) is 0 Å². The normalized spacial score (nSPS) is 13.8. The number of nitrogens with zero attached hydrogens (tertiary/aromatic N) is 3. The number of aromatic nitrogens is 3. The van der Waals surface area contributed by atoms with E-state index in [4.69, 9.17) is 9.72 Å². The van der Waals surface area contributed by atoms with Crippen LogP contribution >= 0.6 is 0 Å². The molecule has 0 atom stereocenters. The van der Waals surface area contributed by atoms with Gasteiger partial charge >= 0.3 is 0 Å². The first-order valence-electron chi connectivity index (χ1n) is 9.70. The quantitative estimate of drug-likeness (QED) is 0.573. The van der Waals surface area contributed by atoms with Crippen LogP contribution in [0, 0.1) is 0 Å². The zero-order chi connectivity index (χ0) is 18.1. The number of hydrogen-bond donors (Lipinski definition) is 0. The van der Waals surface area contributed by atoms with Crippen LogP contribution in [0.25, 0.3) is 16.6 Å². The summed E-state index contributed by atoms with van der Waals surface area (Å²) in [5.41, 5.74) is 2.45. The molecule has 1 aliphatic rings. The Morgan fingerprint density at radius 3 is 2.85 bits per heavy atom. The first kappa shape index (κ1) is 17.1. The number of pyridine rings is 1. The fourth-order valence-corrected chi connectivity index (χ4v) is 3.93. The molecule has 0 N–H and O–H groups in total. The molecule has 0 saturated carbocycles. The summed E-state index contributed by atoms with van der Waals surface area (Å²) in [6.07, 6.45) is 9.58. The molecule has 1 aromatic carbocycles. The molecule has 1 aliphatic heterocycles. The molecule has 0 bridgehead atoms. The van der Waals surface area contributed by atoms with Crippen LogP contribution in [0.1, 0.15) is 57.7 Å². The van der Waals surface area contributed by atoms with Crippen molar-refractivity contribution in [3.8, 4) is 11.6 Å². The third kappa shape index (κ3) is 2.98. The third-order valence-electron chi connectivity index (χ3n) is 5.44. The fraction of sp³-hybridized carbons (Fsp3) is 0.455. The molecule has 4 rings (SSSR count). The average molecular weight is 349 g/mol. The van der Waals surface area contributed by atoms with E-state index in [0.29, 0.717) is 0 Å². The van der Waals surface area contributed by atoms with Crippen LogP contribution in [0.4, 0.5) is 0 Å². The predicted octanol–water partition coefficient (Wildman–Crippen LogP) is 5.21. The Bertz CT molecular complexity index is 913. The molecule has 0 aliphatic carbocycles. The minimum absolute atomic E-state index is 0.00340. The molecule has 0 spiro atoms. The first-order valence-corrected chi connectivity index (χ1v) is 9.70. The van der Waals surface area contributed by atoms with E-state index in [1.807, 2.05) is 16.9 Å². The van der Waals surface area contributed by atoms with Crippen LogP contribution in [0.3, 0.4) is 0 Å². The van der Waals surface area contributed by atoms with Crippen molar-refractivity contribution in [2.45, 2.75) is 58.3 Å². The van der Waals surface area contributed by atoms with E-state index in [-0.39, 0.29) is 5.41 Å². The summed E-state index contributed by atoms with van der Waals surface area (Å²) >= 11 is 0. The third-order valence-corrected chi connectivity index (χ3v) is 5.44. The zero-order valence-corrected chi connectivity index (χ0v) is 16.0. The minimum Gasteiger partial charge on any atom is -0.492 e. The van der Waals surface area contributed by atoms with Crippen LogP contribution in [-0.4, -0.2) is 21.4 Å². The zero-order valence-electron chi connectivity index (χ0n) is 16.0. The van der Waals surface area contributed by atoms with Crippen molar-refractivity contribution in [1.82, 2.24) is 14.8 Å². The van der Waals surface area contributed by atoms with Crippen LogP contribution < -0.4 is 4.74 Å². The van der Waals surface area contributed by atoms with Crippen LogP contribution in [0.2, 0.25) is 0 Å². The summed E-state index contributed by atoms with van der Waals surface area (Å²) in [7, 11) is 0. The molecule has 3 aromatic rings. The monoisotopic (exact) mass is 349 g/mol. The second-order valence-corrected chi connectivity index (χ2v) is 7.87. The second kappa shape index (κ2) is 6.75. The smallest absolute Gasteiger partial charge is 0.154 e. The van der Waals surface area contributed by atoms with Gasteiger partial charge in [0, 0.05) is 35.0 Å². The summed E-state index contributed by atoms with van der Waals surface area (Å²) in [6, 6.07) is 8.51. The summed E-state index contributed by atoms with van der Waals surface area (Å²) in [5.74, 6) is 1.90. The van der Waals surface area contributed by atoms with E-state index in [1.165, 1.54) is 35.6 Å². The summed E-state index contributed by atoms with van der Waals surface area (Å²) in [4.78, 5) is 5.06. The number of fused-ring (bicyclic) bond motifs is 3. The molecule has 4 nitrogen and oxygen atoms in total. The van der Waals surface area contributed by atoms with Gasteiger partial charge in [-0.3, -0.25) is 0 Å². The Morgan fingerprint density at radius 1 is 1.19 bits per heavy atom. The maximum Gasteiger partial charge on any atom is 0.154 e. The highest BCUT2D eigenvalue weighted by molar-refractivity contribution is 5.93. The van der Waals surface area contributed by atoms with Gasteiger partial charge in [0.15, 0.2) is 5.82 Å². The van der Waals surface area contributed by atoms with E-state index < -0.39 is 0 Å². The molecule has 26 heavy (non-hydrogen) atoms. The lowest BCUT2D eigenvalue weighted by molar-refractivity contribution is 0.360. The van der Waals surface area contributed by atoms with Gasteiger partial charge in [0.1, 0.15) is 5.75 Å². The Labute approximate surface area is 155 Å². The minimum atomic E-state index is 0.00340. The molecule has 2 aromatic heterocycles. The number of rotatable bonds is 6. The van der Waals surface area contributed by atoms with Crippen LogP contribution in [0.5, 0.6) is 5.75 Å². The van der Waals surface area contributed by atoms with Crippen molar-refractivity contribution in [2.75, 3.05) is 6.61 Å². The SMILES string of the molecule is CCCCCC(C)(C)c1nc(-n2cccn2)cc2c3c(ccc12)CCO3. The second-order valence-electron chi connectivity index (χ2n) is 7.87. The Hall–Kier alpha value is -2.36. The van der Waals surface area contributed by atoms with Gasteiger partial charge in [-0.2, -0.15) is 5.10 Å². The van der Waals surface area contributed by atoms with Crippen molar-refractivity contribution in [2.24, 2.45) is 0 Å². The number of benzene rings is 1. The van der Waals surface area contributed by atoms with Gasteiger partial charge in [0.05, 0.1) is 12.3 Å². The van der Waals surface area contributed by atoms with Crippen LogP contribution in [-0.2, 0) is 11.8 Å². The van der Waals surface area contributed by atoms with Gasteiger partial charge in [-0.05, 0) is 24.1 Å². The van der Waals surface area contributed by atoms with Crippen molar-refractivity contribution in [1.29, 1.82) is 0 Å². The van der Waals surface area contributed by atoms with Gasteiger partial charge in [0.2, 0.25) is 0 Å². The molecule has 136 valence electrons. The maximum atomic E-state index is 5.99. The van der Waals surface area contributed by atoms with Gasteiger partial charge < -0.3 is 4.74 Å². The van der Waals surface area contributed by atoms with E-state index >= 15 is 0 Å². The molecule has 4 heteroatoms. The van der Waals surface area contributed by atoms with E-state index in [9.17, 15) is 0 Å². The Morgan fingerprint density at radius 2 is 2.08 bits per heavy atom.